The highest BCUT2D eigenvalue weighted by Crippen LogP contribution is 2.29. The molecule has 0 aliphatic carbocycles. The number of phenols is 1. The van der Waals surface area contributed by atoms with Crippen LogP contribution in [0.15, 0.2) is 47.0 Å². The number of benzene rings is 2. The van der Waals surface area contributed by atoms with Gasteiger partial charge in [-0.05, 0) is 36.2 Å². The minimum Gasteiger partial charge on any atom is -0.507 e. The number of aryl methyl sites for hydroxylation is 1. The Hall–Kier alpha value is -2.33. The van der Waals surface area contributed by atoms with Crippen molar-refractivity contribution in [3.8, 4) is 17.2 Å². The fraction of sp³-hybridized carbons (Fsp3) is 0.125. The quantitative estimate of drug-likeness (QED) is 0.794. The number of hydrogen-bond acceptors (Lipinski definition) is 4. The van der Waals surface area contributed by atoms with Gasteiger partial charge in [0.1, 0.15) is 5.75 Å². The van der Waals surface area contributed by atoms with Crippen molar-refractivity contribution in [3.05, 3.63) is 64.4 Å². The topological polar surface area (TPSA) is 59.2 Å². The van der Waals surface area contributed by atoms with Gasteiger partial charge in [0.2, 0.25) is 0 Å². The molecule has 0 aliphatic rings. The lowest BCUT2D eigenvalue weighted by molar-refractivity contribution is 0.418. The molecule has 1 N–H and O–H groups in total. The lowest BCUT2D eigenvalue weighted by Crippen LogP contribution is -1.91. The Balaban J connectivity index is 1.88. The molecule has 0 bridgehead atoms. The number of halogens is 1. The highest BCUT2D eigenvalue weighted by molar-refractivity contribution is 6.31. The summed E-state index contributed by atoms with van der Waals surface area (Å²) in [7, 11) is 0. The minimum absolute atomic E-state index is 0.128. The Morgan fingerprint density at radius 3 is 2.76 bits per heavy atom. The van der Waals surface area contributed by atoms with Crippen LogP contribution < -0.4 is 0 Å². The van der Waals surface area contributed by atoms with Crippen LogP contribution in [0, 0.1) is 6.92 Å². The van der Waals surface area contributed by atoms with E-state index in [1.54, 1.807) is 12.1 Å². The molecule has 0 saturated carbocycles. The van der Waals surface area contributed by atoms with Crippen LogP contribution in [0.4, 0.5) is 0 Å². The fourth-order valence-electron chi connectivity index (χ4n) is 2.07. The van der Waals surface area contributed by atoms with E-state index < -0.39 is 0 Å². The average molecular weight is 301 g/mol. The third-order valence-corrected chi connectivity index (χ3v) is 3.53. The smallest absolute Gasteiger partial charge is 0.261 e. The first-order chi connectivity index (χ1) is 10.1. The normalized spacial score (nSPS) is 10.8. The molecule has 0 unspecified atom stereocenters. The van der Waals surface area contributed by atoms with Crippen LogP contribution >= 0.6 is 11.6 Å². The van der Waals surface area contributed by atoms with Crippen LogP contribution in [0.25, 0.3) is 11.5 Å². The van der Waals surface area contributed by atoms with Crippen molar-refractivity contribution >= 4 is 11.6 Å². The van der Waals surface area contributed by atoms with Crippen molar-refractivity contribution in [2.75, 3.05) is 0 Å². The third kappa shape index (κ3) is 2.90. The van der Waals surface area contributed by atoms with Gasteiger partial charge in [0.15, 0.2) is 5.82 Å². The molecule has 4 nitrogen and oxygen atoms in total. The van der Waals surface area contributed by atoms with Gasteiger partial charge in [-0.25, -0.2) is 0 Å². The van der Waals surface area contributed by atoms with Crippen molar-refractivity contribution in [3.63, 3.8) is 0 Å². The molecule has 2 aromatic carbocycles. The van der Waals surface area contributed by atoms with Gasteiger partial charge in [-0.1, -0.05) is 41.0 Å². The summed E-state index contributed by atoms with van der Waals surface area (Å²) in [6.45, 7) is 1.90. The minimum atomic E-state index is 0.128. The molecule has 3 rings (SSSR count). The van der Waals surface area contributed by atoms with Gasteiger partial charge < -0.3 is 9.63 Å². The maximum atomic E-state index is 9.94. The summed E-state index contributed by atoms with van der Waals surface area (Å²) in [5.41, 5.74) is 2.42. The van der Waals surface area contributed by atoms with Crippen molar-refractivity contribution in [1.82, 2.24) is 10.1 Å². The predicted octanol–water partition coefficient (Wildman–Crippen LogP) is 3.99. The molecule has 0 spiro atoms. The Kier molecular flexibility index (Phi) is 3.62. The molecule has 0 saturated heterocycles. The number of hydrogen-bond donors (Lipinski definition) is 1. The van der Waals surface area contributed by atoms with Crippen molar-refractivity contribution in [1.29, 1.82) is 0 Å². The van der Waals surface area contributed by atoms with Gasteiger partial charge in [0.05, 0.1) is 5.56 Å². The predicted molar refractivity (Wildman–Crippen MR) is 80.4 cm³/mol. The zero-order valence-corrected chi connectivity index (χ0v) is 12.1. The lowest BCUT2D eigenvalue weighted by Gasteiger charge is -2.00. The first-order valence-electron chi connectivity index (χ1n) is 6.49. The molecule has 3 aromatic rings. The number of nitrogens with zero attached hydrogens (tertiary/aromatic N) is 2. The summed E-state index contributed by atoms with van der Waals surface area (Å²) < 4.78 is 5.22. The van der Waals surface area contributed by atoms with Crippen molar-refractivity contribution in [2.24, 2.45) is 0 Å². The van der Waals surface area contributed by atoms with E-state index in [0.29, 0.717) is 28.7 Å². The highest BCUT2D eigenvalue weighted by atomic mass is 35.5. The van der Waals surface area contributed by atoms with Crippen LogP contribution in [-0.2, 0) is 6.42 Å². The zero-order valence-electron chi connectivity index (χ0n) is 11.4. The monoisotopic (exact) mass is 300 g/mol. The Morgan fingerprint density at radius 2 is 2.00 bits per heavy atom. The molecule has 0 aliphatic heterocycles. The van der Waals surface area contributed by atoms with Crippen LogP contribution in [0.2, 0.25) is 5.02 Å². The summed E-state index contributed by atoms with van der Waals surface area (Å²) >= 11 is 6.11. The summed E-state index contributed by atoms with van der Waals surface area (Å²) in [5.74, 6) is 0.954. The molecule has 1 heterocycles. The maximum Gasteiger partial charge on any atom is 0.261 e. The second-order valence-corrected chi connectivity index (χ2v) is 5.21. The summed E-state index contributed by atoms with van der Waals surface area (Å²) in [5, 5.41) is 14.5. The Labute approximate surface area is 127 Å². The van der Waals surface area contributed by atoms with Gasteiger partial charge in [0, 0.05) is 11.4 Å². The van der Waals surface area contributed by atoms with E-state index in [1.165, 1.54) is 0 Å². The molecule has 0 atom stereocenters. The second kappa shape index (κ2) is 5.58. The first-order valence-corrected chi connectivity index (χ1v) is 6.87. The fourth-order valence-corrected chi connectivity index (χ4v) is 2.27. The van der Waals surface area contributed by atoms with E-state index in [-0.39, 0.29) is 5.75 Å². The van der Waals surface area contributed by atoms with E-state index in [9.17, 15) is 5.11 Å². The van der Waals surface area contributed by atoms with E-state index in [4.69, 9.17) is 16.1 Å². The Morgan fingerprint density at radius 1 is 1.19 bits per heavy atom. The molecular formula is C16H13ClN2O2. The zero-order chi connectivity index (χ0) is 14.8. The van der Waals surface area contributed by atoms with Gasteiger partial charge in [-0.2, -0.15) is 4.98 Å². The maximum absolute atomic E-state index is 9.94. The van der Waals surface area contributed by atoms with E-state index >= 15 is 0 Å². The Bertz CT molecular complexity index is 783. The van der Waals surface area contributed by atoms with Crippen molar-refractivity contribution < 1.29 is 9.63 Å². The lowest BCUT2D eigenvalue weighted by atomic mass is 10.1. The number of phenolic OH excluding ortho intramolecular Hbond substituents is 1. The van der Waals surface area contributed by atoms with Crippen LogP contribution in [0.1, 0.15) is 17.0 Å². The van der Waals surface area contributed by atoms with E-state index in [2.05, 4.69) is 10.1 Å². The summed E-state index contributed by atoms with van der Waals surface area (Å²) in [4.78, 5) is 4.31. The van der Waals surface area contributed by atoms with Crippen LogP contribution in [0.3, 0.4) is 0 Å². The van der Waals surface area contributed by atoms with Crippen LogP contribution in [0.5, 0.6) is 5.75 Å². The van der Waals surface area contributed by atoms with Crippen LogP contribution in [-0.4, -0.2) is 15.2 Å². The number of rotatable bonds is 3. The van der Waals surface area contributed by atoms with Gasteiger partial charge in [0.25, 0.3) is 5.89 Å². The van der Waals surface area contributed by atoms with Gasteiger partial charge in [-0.3, -0.25) is 0 Å². The molecule has 0 fully saturated rings. The average Bonchev–Trinajstić information content (AvgIpc) is 2.90. The first kappa shape index (κ1) is 13.6. The molecule has 1 aromatic heterocycles. The molecule has 5 heteroatoms. The van der Waals surface area contributed by atoms with E-state index in [1.807, 2.05) is 37.3 Å². The molecular weight excluding hydrogens is 288 g/mol. The third-order valence-electron chi connectivity index (χ3n) is 3.16. The second-order valence-electron chi connectivity index (χ2n) is 4.80. The largest absolute Gasteiger partial charge is 0.507 e. The molecule has 21 heavy (non-hydrogen) atoms. The highest BCUT2D eigenvalue weighted by Gasteiger charge is 2.13. The molecule has 106 valence electrons. The number of aromatic hydroxyl groups is 1. The molecule has 0 amide bonds. The van der Waals surface area contributed by atoms with E-state index in [0.717, 1.165) is 11.1 Å². The summed E-state index contributed by atoms with van der Waals surface area (Å²) in [6, 6.07) is 12.8. The van der Waals surface area contributed by atoms with Gasteiger partial charge >= 0.3 is 0 Å². The van der Waals surface area contributed by atoms with Crippen molar-refractivity contribution in [2.45, 2.75) is 13.3 Å². The number of aromatic nitrogens is 2. The van der Waals surface area contributed by atoms with Gasteiger partial charge in [-0.15, -0.1) is 0 Å². The standard InChI is InChI=1S/C16H13ClN2O2/c1-10-6-7-12(14(20)8-10)16-18-15(19-21-16)9-11-4-2-3-5-13(11)17/h2-8,20H,9H2,1H3. The SMILES string of the molecule is Cc1ccc(-c2nc(Cc3ccccc3Cl)no2)c(O)c1. The summed E-state index contributed by atoms with van der Waals surface area (Å²) in [6.07, 6.45) is 0.482. The molecule has 0 radical (unpaired) electrons.